The Labute approximate surface area is 123 Å². The molecule has 2 N–H and O–H groups in total. The van der Waals surface area contributed by atoms with Crippen LogP contribution in [0.5, 0.6) is 0 Å². The number of rotatable bonds is 3. The average molecular weight is 329 g/mol. The van der Waals surface area contributed by atoms with E-state index in [1.165, 1.54) is 10.4 Å². The smallest absolute Gasteiger partial charge is 0.244 e. The Morgan fingerprint density at radius 1 is 1.47 bits per heavy atom. The van der Waals surface area contributed by atoms with Crippen LogP contribution < -0.4 is 5.73 Å². The molecule has 2 rings (SSSR count). The molecule has 0 spiro atoms. The molecule has 0 saturated carbocycles. The fourth-order valence-electron chi connectivity index (χ4n) is 2.02. The van der Waals surface area contributed by atoms with E-state index in [1.54, 1.807) is 0 Å². The molecule has 1 aliphatic heterocycles. The largest absolute Gasteiger partial charge is 0.330 e. The van der Waals surface area contributed by atoms with Gasteiger partial charge in [0.1, 0.15) is 10.7 Å². The minimum absolute atomic E-state index is 0. The van der Waals surface area contributed by atoms with Crippen molar-refractivity contribution < 1.29 is 12.8 Å². The van der Waals surface area contributed by atoms with E-state index in [9.17, 15) is 12.8 Å². The third-order valence-corrected chi connectivity index (χ3v) is 5.44. The van der Waals surface area contributed by atoms with Gasteiger partial charge in [0, 0.05) is 13.1 Å². The standard InChI is InChI=1S/C11H14ClFN2O2S.ClH/c12-10-2-1-9(13)5-11(10)18(16,17)15-4-3-8(6-14)7-15;/h1-2,5,8H,3-4,6-7,14H2;1H. The highest BCUT2D eigenvalue weighted by Gasteiger charge is 2.33. The van der Waals surface area contributed by atoms with E-state index in [0.717, 1.165) is 18.6 Å². The van der Waals surface area contributed by atoms with Crippen LogP contribution in [0, 0.1) is 11.7 Å². The monoisotopic (exact) mass is 328 g/mol. The highest BCUT2D eigenvalue weighted by atomic mass is 35.5. The van der Waals surface area contributed by atoms with E-state index in [-0.39, 0.29) is 28.2 Å². The molecule has 1 heterocycles. The summed E-state index contributed by atoms with van der Waals surface area (Å²) < 4.78 is 39.1. The molecule has 1 atom stereocenters. The van der Waals surface area contributed by atoms with E-state index in [4.69, 9.17) is 17.3 Å². The van der Waals surface area contributed by atoms with Crippen molar-refractivity contribution in [1.82, 2.24) is 4.31 Å². The first-order valence-electron chi connectivity index (χ1n) is 5.60. The highest BCUT2D eigenvalue weighted by molar-refractivity contribution is 7.89. The molecule has 1 aliphatic rings. The fourth-order valence-corrected chi connectivity index (χ4v) is 4.04. The Kier molecular flexibility index (Phi) is 5.58. The van der Waals surface area contributed by atoms with Crippen LogP contribution in [-0.2, 0) is 10.0 Å². The Balaban J connectivity index is 0.00000180. The summed E-state index contributed by atoms with van der Waals surface area (Å²) in [4.78, 5) is -0.179. The van der Waals surface area contributed by atoms with Crippen molar-refractivity contribution in [3.63, 3.8) is 0 Å². The second-order valence-electron chi connectivity index (χ2n) is 4.33. The van der Waals surface area contributed by atoms with Gasteiger partial charge in [-0.25, -0.2) is 12.8 Å². The number of sulfonamides is 1. The van der Waals surface area contributed by atoms with E-state index in [1.807, 2.05) is 0 Å². The van der Waals surface area contributed by atoms with E-state index < -0.39 is 15.8 Å². The van der Waals surface area contributed by atoms with Crippen molar-refractivity contribution in [1.29, 1.82) is 0 Å². The van der Waals surface area contributed by atoms with Gasteiger partial charge in [0.15, 0.2) is 0 Å². The molecule has 1 unspecified atom stereocenters. The van der Waals surface area contributed by atoms with Crippen LogP contribution in [0.15, 0.2) is 23.1 Å². The second kappa shape index (κ2) is 6.37. The molecular weight excluding hydrogens is 314 g/mol. The second-order valence-corrected chi connectivity index (χ2v) is 6.64. The molecule has 108 valence electrons. The molecule has 0 aromatic heterocycles. The van der Waals surface area contributed by atoms with Crippen LogP contribution in [0.1, 0.15) is 6.42 Å². The number of hydrogen-bond donors (Lipinski definition) is 1. The molecule has 8 heteroatoms. The van der Waals surface area contributed by atoms with Gasteiger partial charge in [-0.15, -0.1) is 12.4 Å². The lowest BCUT2D eigenvalue weighted by Gasteiger charge is -2.17. The molecular formula is C11H15Cl2FN2O2S. The van der Waals surface area contributed by atoms with Gasteiger partial charge in [-0.1, -0.05) is 11.6 Å². The number of hydrogen-bond acceptors (Lipinski definition) is 3. The molecule has 0 amide bonds. The summed E-state index contributed by atoms with van der Waals surface area (Å²) in [7, 11) is -3.73. The van der Waals surface area contributed by atoms with Crippen LogP contribution in [0.4, 0.5) is 4.39 Å². The SMILES string of the molecule is Cl.NCC1CCN(S(=O)(=O)c2cc(F)ccc2Cl)C1. The number of benzene rings is 1. The topological polar surface area (TPSA) is 63.4 Å². The van der Waals surface area contributed by atoms with Gasteiger partial charge in [-0.3, -0.25) is 0 Å². The van der Waals surface area contributed by atoms with Gasteiger partial charge in [-0.2, -0.15) is 4.31 Å². The molecule has 0 radical (unpaired) electrons. The summed E-state index contributed by atoms with van der Waals surface area (Å²) in [6, 6.07) is 3.34. The lowest BCUT2D eigenvalue weighted by atomic mass is 10.1. The Hall–Kier alpha value is -0.400. The zero-order chi connectivity index (χ0) is 13.3. The van der Waals surface area contributed by atoms with Crippen molar-refractivity contribution in [3.8, 4) is 0 Å². The summed E-state index contributed by atoms with van der Waals surface area (Å²) in [5.74, 6) is -0.459. The van der Waals surface area contributed by atoms with Crippen LogP contribution >= 0.6 is 24.0 Å². The molecule has 1 aromatic carbocycles. The molecule has 0 bridgehead atoms. The van der Waals surface area contributed by atoms with Gasteiger partial charge >= 0.3 is 0 Å². The third-order valence-electron chi connectivity index (χ3n) is 3.09. The molecule has 0 aliphatic carbocycles. The maximum atomic E-state index is 13.1. The minimum atomic E-state index is -3.73. The van der Waals surface area contributed by atoms with Crippen LogP contribution in [0.3, 0.4) is 0 Å². The molecule has 1 aromatic rings. The van der Waals surface area contributed by atoms with Crippen molar-refractivity contribution in [3.05, 3.63) is 29.0 Å². The van der Waals surface area contributed by atoms with Crippen molar-refractivity contribution in [2.75, 3.05) is 19.6 Å². The number of nitrogens with two attached hydrogens (primary N) is 1. The zero-order valence-corrected chi connectivity index (χ0v) is 12.4. The highest BCUT2D eigenvalue weighted by Crippen LogP contribution is 2.29. The first kappa shape index (κ1) is 16.7. The first-order valence-corrected chi connectivity index (χ1v) is 7.42. The molecule has 4 nitrogen and oxygen atoms in total. The van der Waals surface area contributed by atoms with Crippen LogP contribution in [-0.4, -0.2) is 32.4 Å². The van der Waals surface area contributed by atoms with Gasteiger partial charge in [0.25, 0.3) is 0 Å². The number of nitrogens with zero attached hydrogens (tertiary/aromatic N) is 1. The average Bonchev–Trinajstić information content (AvgIpc) is 2.81. The van der Waals surface area contributed by atoms with E-state index in [0.29, 0.717) is 19.6 Å². The fraction of sp³-hybridized carbons (Fsp3) is 0.455. The lowest BCUT2D eigenvalue weighted by Crippen LogP contribution is -2.30. The normalized spacial score (nSPS) is 20.3. The van der Waals surface area contributed by atoms with Gasteiger partial charge in [0.2, 0.25) is 10.0 Å². The Morgan fingerprint density at radius 3 is 2.74 bits per heavy atom. The van der Waals surface area contributed by atoms with Crippen LogP contribution in [0.25, 0.3) is 0 Å². The number of halogens is 3. The molecule has 1 fully saturated rings. The summed E-state index contributed by atoms with van der Waals surface area (Å²) in [5.41, 5.74) is 5.52. The van der Waals surface area contributed by atoms with Gasteiger partial charge in [0.05, 0.1) is 5.02 Å². The minimum Gasteiger partial charge on any atom is -0.330 e. The summed E-state index contributed by atoms with van der Waals surface area (Å²) in [6.45, 7) is 1.21. The summed E-state index contributed by atoms with van der Waals surface area (Å²) in [6.07, 6.45) is 0.725. The zero-order valence-electron chi connectivity index (χ0n) is 10.1. The van der Waals surface area contributed by atoms with Crippen molar-refractivity contribution in [2.45, 2.75) is 11.3 Å². The summed E-state index contributed by atoms with van der Waals surface area (Å²) in [5, 5.41) is 0.0348. The van der Waals surface area contributed by atoms with Crippen LogP contribution in [0.2, 0.25) is 5.02 Å². The van der Waals surface area contributed by atoms with Crippen molar-refractivity contribution in [2.24, 2.45) is 11.7 Å². The Morgan fingerprint density at radius 2 is 2.16 bits per heavy atom. The maximum absolute atomic E-state index is 13.1. The van der Waals surface area contributed by atoms with Gasteiger partial charge < -0.3 is 5.73 Å². The van der Waals surface area contributed by atoms with Crippen molar-refractivity contribution >= 4 is 34.0 Å². The predicted molar refractivity (Wildman–Crippen MR) is 74.6 cm³/mol. The first-order chi connectivity index (χ1) is 8.45. The van der Waals surface area contributed by atoms with E-state index in [2.05, 4.69) is 0 Å². The Bertz CT molecular complexity index is 554. The summed E-state index contributed by atoms with van der Waals surface area (Å²) >= 11 is 5.83. The maximum Gasteiger partial charge on any atom is 0.244 e. The third kappa shape index (κ3) is 3.38. The molecule has 1 saturated heterocycles. The quantitative estimate of drug-likeness (QED) is 0.921. The molecule has 19 heavy (non-hydrogen) atoms. The predicted octanol–water partition coefficient (Wildman–Crippen LogP) is 1.87. The van der Waals surface area contributed by atoms with E-state index >= 15 is 0 Å². The lowest BCUT2D eigenvalue weighted by molar-refractivity contribution is 0.458. The van der Waals surface area contributed by atoms with Gasteiger partial charge in [-0.05, 0) is 37.1 Å².